The van der Waals surface area contributed by atoms with Crippen molar-refractivity contribution in [2.75, 3.05) is 13.2 Å². The van der Waals surface area contributed by atoms with Crippen LogP contribution in [0.15, 0.2) is 18.2 Å². The molecule has 0 bridgehead atoms. The quantitative estimate of drug-likeness (QED) is 0.830. The summed E-state index contributed by atoms with van der Waals surface area (Å²) >= 11 is 11.8. The topological polar surface area (TPSA) is 25.8 Å². The van der Waals surface area contributed by atoms with E-state index < -0.39 is 0 Å². The van der Waals surface area contributed by atoms with Gasteiger partial charge in [0.15, 0.2) is 0 Å². The number of hydrogen-bond donors (Lipinski definition) is 1. The fourth-order valence-electron chi connectivity index (χ4n) is 1.25. The number of benzene rings is 1. The maximum Gasteiger partial charge on any atom is 0.139 e. The van der Waals surface area contributed by atoms with Crippen LogP contribution in [0.1, 0.15) is 20.8 Å². The summed E-state index contributed by atoms with van der Waals surface area (Å²) in [6, 6.07) is 5.23. The summed E-state index contributed by atoms with van der Waals surface area (Å²) in [4.78, 5) is 0. The van der Waals surface area contributed by atoms with Crippen molar-refractivity contribution in [2.24, 2.45) is 0 Å². The van der Waals surface area contributed by atoms with E-state index in [0.717, 1.165) is 6.54 Å². The van der Waals surface area contributed by atoms with Crippen molar-refractivity contribution < 1.29 is 10.1 Å². The molecule has 0 aliphatic heterocycles. The second-order valence-electron chi connectivity index (χ2n) is 4.78. The molecule has 0 heterocycles. The number of hydrogen-bond acceptors (Lipinski definition) is 1. The highest BCUT2D eigenvalue weighted by Crippen LogP contribution is 2.27. The number of halogens is 2. The van der Waals surface area contributed by atoms with Crippen molar-refractivity contribution in [1.82, 2.24) is 0 Å². The van der Waals surface area contributed by atoms with Gasteiger partial charge in [-0.25, -0.2) is 0 Å². The lowest BCUT2D eigenvalue weighted by atomic mass is 10.1. The highest BCUT2D eigenvalue weighted by molar-refractivity contribution is 6.34. The molecule has 0 radical (unpaired) electrons. The summed E-state index contributed by atoms with van der Waals surface area (Å²) in [5.74, 6) is 0.650. The lowest BCUT2D eigenvalue weighted by Gasteiger charge is -2.17. The molecule has 2 N–H and O–H groups in total. The van der Waals surface area contributed by atoms with E-state index in [4.69, 9.17) is 27.9 Å². The predicted octanol–water partition coefficient (Wildman–Crippen LogP) is 2.73. The molecule has 0 aliphatic rings. The van der Waals surface area contributed by atoms with Gasteiger partial charge in [-0.3, -0.25) is 0 Å². The van der Waals surface area contributed by atoms with Gasteiger partial charge in [0, 0.05) is 11.1 Å². The minimum Gasteiger partial charge on any atom is -0.486 e. The lowest BCUT2D eigenvalue weighted by molar-refractivity contribution is -0.717. The van der Waals surface area contributed by atoms with Crippen LogP contribution in [0.5, 0.6) is 5.75 Å². The van der Waals surface area contributed by atoms with Gasteiger partial charge in [0.25, 0.3) is 0 Å². The Bertz CT molecular complexity index is 347. The van der Waals surface area contributed by atoms with Crippen LogP contribution in [-0.4, -0.2) is 18.7 Å². The molecular formula is C12H18Cl2NO+. The van der Waals surface area contributed by atoms with E-state index in [1.54, 1.807) is 18.2 Å². The van der Waals surface area contributed by atoms with E-state index >= 15 is 0 Å². The Morgan fingerprint density at radius 1 is 1.25 bits per heavy atom. The van der Waals surface area contributed by atoms with Gasteiger partial charge >= 0.3 is 0 Å². The van der Waals surface area contributed by atoms with Crippen molar-refractivity contribution in [3.8, 4) is 5.75 Å². The summed E-state index contributed by atoms with van der Waals surface area (Å²) in [5.41, 5.74) is 0.224. The van der Waals surface area contributed by atoms with Gasteiger partial charge in [-0.1, -0.05) is 23.2 Å². The fourth-order valence-corrected chi connectivity index (χ4v) is 1.58. The molecule has 0 spiro atoms. The number of rotatable bonds is 4. The minimum absolute atomic E-state index is 0.224. The highest BCUT2D eigenvalue weighted by Gasteiger charge is 2.12. The Labute approximate surface area is 107 Å². The highest BCUT2D eigenvalue weighted by atomic mass is 35.5. The molecule has 0 saturated carbocycles. The Morgan fingerprint density at radius 2 is 1.94 bits per heavy atom. The lowest BCUT2D eigenvalue weighted by Crippen LogP contribution is -2.95. The molecule has 0 fully saturated rings. The third kappa shape index (κ3) is 5.06. The third-order valence-electron chi connectivity index (χ3n) is 2.03. The van der Waals surface area contributed by atoms with Crippen LogP contribution in [0.3, 0.4) is 0 Å². The zero-order chi connectivity index (χ0) is 12.2. The van der Waals surface area contributed by atoms with Crippen molar-refractivity contribution in [1.29, 1.82) is 0 Å². The molecule has 1 rings (SSSR count). The number of ether oxygens (including phenoxy) is 1. The second-order valence-corrected chi connectivity index (χ2v) is 5.63. The van der Waals surface area contributed by atoms with Crippen LogP contribution >= 0.6 is 23.2 Å². The first kappa shape index (κ1) is 13.6. The summed E-state index contributed by atoms with van der Waals surface area (Å²) in [6.45, 7) is 8.02. The first-order valence-electron chi connectivity index (χ1n) is 5.31. The van der Waals surface area contributed by atoms with Gasteiger partial charge < -0.3 is 10.1 Å². The van der Waals surface area contributed by atoms with Crippen LogP contribution in [0.2, 0.25) is 10.0 Å². The molecule has 0 unspecified atom stereocenters. The minimum atomic E-state index is 0.224. The smallest absolute Gasteiger partial charge is 0.139 e. The van der Waals surface area contributed by atoms with Crippen LogP contribution in [0.25, 0.3) is 0 Å². The molecule has 0 saturated heterocycles. The molecule has 1 aromatic carbocycles. The van der Waals surface area contributed by atoms with E-state index in [2.05, 4.69) is 26.1 Å². The first-order valence-corrected chi connectivity index (χ1v) is 6.06. The van der Waals surface area contributed by atoms with E-state index in [9.17, 15) is 0 Å². The molecule has 0 aliphatic carbocycles. The Kier molecular flexibility index (Phi) is 4.90. The van der Waals surface area contributed by atoms with Crippen molar-refractivity contribution >= 4 is 23.2 Å². The third-order valence-corrected chi connectivity index (χ3v) is 2.57. The largest absolute Gasteiger partial charge is 0.486 e. The van der Waals surface area contributed by atoms with E-state index in [1.165, 1.54) is 0 Å². The number of quaternary nitrogens is 1. The SMILES string of the molecule is CC(C)(C)[NH2+]CCOc1cc(Cl)ccc1Cl. The second kappa shape index (κ2) is 5.76. The molecule has 90 valence electrons. The Balaban J connectivity index is 2.40. The summed E-state index contributed by atoms with van der Waals surface area (Å²) in [7, 11) is 0. The fraction of sp³-hybridized carbons (Fsp3) is 0.500. The first-order chi connectivity index (χ1) is 7.38. The number of nitrogens with two attached hydrogens (primary N) is 1. The Morgan fingerprint density at radius 3 is 2.56 bits per heavy atom. The van der Waals surface area contributed by atoms with Gasteiger partial charge in [-0.05, 0) is 32.9 Å². The molecule has 4 heteroatoms. The van der Waals surface area contributed by atoms with E-state index in [-0.39, 0.29) is 5.54 Å². The molecule has 0 amide bonds. The van der Waals surface area contributed by atoms with Gasteiger partial charge in [0.2, 0.25) is 0 Å². The average Bonchev–Trinajstić information content (AvgIpc) is 2.16. The standard InChI is InChI=1S/C12H17Cl2NO/c1-12(2,3)15-6-7-16-11-8-9(13)4-5-10(11)14/h4-5,8,15H,6-7H2,1-3H3/p+1. The maximum absolute atomic E-state index is 5.97. The van der Waals surface area contributed by atoms with Crippen LogP contribution < -0.4 is 10.1 Å². The Hall–Kier alpha value is -0.440. The van der Waals surface area contributed by atoms with Gasteiger partial charge in [-0.15, -0.1) is 0 Å². The van der Waals surface area contributed by atoms with Crippen molar-refractivity contribution in [2.45, 2.75) is 26.3 Å². The van der Waals surface area contributed by atoms with E-state index in [0.29, 0.717) is 22.4 Å². The summed E-state index contributed by atoms with van der Waals surface area (Å²) < 4.78 is 5.57. The summed E-state index contributed by atoms with van der Waals surface area (Å²) in [6.07, 6.45) is 0. The van der Waals surface area contributed by atoms with E-state index in [1.807, 2.05) is 0 Å². The zero-order valence-electron chi connectivity index (χ0n) is 9.89. The zero-order valence-corrected chi connectivity index (χ0v) is 11.4. The average molecular weight is 263 g/mol. The molecular weight excluding hydrogens is 245 g/mol. The predicted molar refractivity (Wildman–Crippen MR) is 68.5 cm³/mol. The molecule has 2 nitrogen and oxygen atoms in total. The maximum atomic E-state index is 5.97. The molecule has 1 aromatic rings. The van der Waals surface area contributed by atoms with Gasteiger partial charge in [0.1, 0.15) is 18.9 Å². The van der Waals surface area contributed by atoms with Crippen LogP contribution in [0, 0.1) is 0 Å². The molecule has 0 atom stereocenters. The molecule has 0 aromatic heterocycles. The van der Waals surface area contributed by atoms with Gasteiger partial charge in [-0.2, -0.15) is 0 Å². The van der Waals surface area contributed by atoms with Crippen LogP contribution in [0.4, 0.5) is 0 Å². The van der Waals surface area contributed by atoms with Crippen molar-refractivity contribution in [3.05, 3.63) is 28.2 Å². The normalized spacial score (nSPS) is 11.6. The monoisotopic (exact) mass is 262 g/mol. The molecule has 16 heavy (non-hydrogen) atoms. The van der Waals surface area contributed by atoms with Crippen molar-refractivity contribution in [3.63, 3.8) is 0 Å². The van der Waals surface area contributed by atoms with Gasteiger partial charge in [0.05, 0.1) is 10.6 Å². The van der Waals surface area contributed by atoms with Crippen LogP contribution in [-0.2, 0) is 0 Å². The summed E-state index contributed by atoms with van der Waals surface area (Å²) in [5, 5.41) is 3.46.